The Morgan fingerprint density at radius 2 is 1.84 bits per heavy atom. The van der Waals surface area contributed by atoms with Gasteiger partial charge in [-0.2, -0.15) is 0 Å². The largest absolute Gasteiger partial charge is 0.335 e. The molecule has 0 atom stereocenters. The number of benzene rings is 1. The normalized spacial score (nSPS) is 15.2. The van der Waals surface area contributed by atoms with Gasteiger partial charge in [0.25, 0.3) is 11.5 Å². The average molecular weight is 437 g/mol. The Labute approximate surface area is 183 Å². The van der Waals surface area contributed by atoms with Gasteiger partial charge >= 0.3 is 0 Å². The second-order valence-corrected chi connectivity index (χ2v) is 9.08. The number of piperazine rings is 1. The Balaban J connectivity index is 1.39. The third-order valence-corrected chi connectivity index (χ3v) is 6.86. The molecule has 0 radical (unpaired) electrons. The number of nitrogens with zero attached hydrogens (tertiary/aromatic N) is 6. The lowest BCUT2D eigenvalue weighted by atomic mass is 10.2. The molecule has 1 aromatic carbocycles. The van der Waals surface area contributed by atoms with E-state index in [4.69, 9.17) is 0 Å². The maximum atomic E-state index is 12.8. The smallest absolute Gasteiger partial charge is 0.264 e. The summed E-state index contributed by atoms with van der Waals surface area (Å²) in [4.78, 5) is 31.7. The van der Waals surface area contributed by atoms with Crippen molar-refractivity contribution in [2.24, 2.45) is 0 Å². The first-order chi connectivity index (χ1) is 15.1. The predicted octanol–water partition coefficient (Wildman–Crippen LogP) is 2.39. The van der Waals surface area contributed by atoms with Gasteiger partial charge in [0.15, 0.2) is 5.82 Å². The van der Waals surface area contributed by atoms with E-state index in [1.807, 2.05) is 59.5 Å². The van der Waals surface area contributed by atoms with Crippen LogP contribution in [0.5, 0.6) is 0 Å². The van der Waals surface area contributed by atoms with E-state index in [9.17, 15) is 9.59 Å². The van der Waals surface area contributed by atoms with Crippen LogP contribution in [0.3, 0.4) is 0 Å². The molecule has 1 fully saturated rings. The second-order valence-electron chi connectivity index (χ2n) is 7.80. The van der Waals surface area contributed by atoms with E-state index in [0.717, 1.165) is 34.2 Å². The lowest BCUT2D eigenvalue weighted by Crippen LogP contribution is -2.48. The van der Waals surface area contributed by atoms with Crippen LogP contribution in [0.25, 0.3) is 16.7 Å². The Hall–Kier alpha value is -3.04. The van der Waals surface area contributed by atoms with Gasteiger partial charge in [-0.05, 0) is 38.1 Å². The fourth-order valence-electron chi connectivity index (χ4n) is 4.22. The molecule has 0 bridgehead atoms. The van der Waals surface area contributed by atoms with Crippen LogP contribution in [-0.4, -0.2) is 61.1 Å². The van der Waals surface area contributed by atoms with Crippen molar-refractivity contribution in [2.75, 3.05) is 26.2 Å². The number of carbonyl (C=O) groups excluding carboxylic acids is 1. The number of rotatable bonds is 4. The number of para-hydroxylation sites is 1. The van der Waals surface area contributed by atoms with Crippen LogP contribution in [0.4, 0.5) is 0 Å². The summed E-state index contributed by atoms with van der Waals surface area (Å²) in [5, 5.41) is 9.43. The summed E-state index contributed by atoms with van der Waals surface area (Å²) in [6.07, 6.45) is 0. The number of carbonyl (C=O) groups is 1. The maximum Gasteiger partial charge on any atom is 0.264 e. The standard InChI is InChI=1S/C22H24N6O2S/c1-3-27-20(29)16-6-4-5-7-17(16)28-19(23-24-22(27)28)14-25-10-12-26(13-11-25)21(30)18-9-8-15(2)31-18/h4-9H,3,10-14H2,1-2H3. The van der Waals surface area contributed by atoms with E-state index in [2.05, 4.69) is 15.1 Å². The number of fused-ring (bicyclic) bond motifs is 3. The van der Waals surface area contributed by atoms with Gasteiger partial charge in [-0.1, -0.05) is 12.1 Å². The van der Waals surface area contributed by atoms with Crippen LogP contribution in [-0.2, 0) is 13.1 Å². The minimum Gasteiger partial charge on any atom is -0.335 e. The van der Waals surface area contributed by atoms with Gasteiger partial charge in [0.05, 0.1) is 22.3 Å². The quantitative estimate of drug-likeness (QED) is 0.491. The lowest BCUT2D eigenvalue weighted by molar-refractivity contribution is 0.0630. The minimum absolute atomic E-state index is 0.0412. The molecule has 3 aromatic heterocycles. The topological polar surface area (TPSA) is 75.7 Å². The Morgan fingerprint density at radius 3 is 2.55 bits per heavy atom. The van der Waals surface area contributed by atoms with E-state index in [-0.39, 0.29) is 11.5 Å². The summed E-state index contributed by atoms with van der Waals surface area (Å²) < 4.78 is 3.66. The van der Waals surface area contributed by atoms with Crippen LogP contribution in [0.2, 0.25) is 0 Å². The number of aromatic nitrogens is 4. The molecule has 0 unspecified atom stereocenters. The molecule has 1 amide bonds. The molecule has 1 saturated heterocycles. The van der Waals surface area contributed by atoms with Gasteiger partial charge in [0, 0.05) is 37.6 Å². The highest BCUT2D eigenvalue weighted by molar-refractivity contribution is 7.13. The van der Waals surface area contributed by atoms with Gasteiger partial charge < -0.3 is 4.90 Å². The molecule has 0 N–H and O–H groups in total. The first-order valence-electron chi connectivity index (χ1n) is 10.5. The number of amides is 1. The Morgan fingerprint density at radius 1 is 1.06 bits per heavy atom. The van der Waals surface area contributed by atoms with Crippen molar-refractivity contribution in [3.8, 4) is 0 Å². The fraction of sp³-hybridized carbons (Fsp3) is 0.364. The van der Waals surface area contributed by atoms with Crippen molar-refractivity contribution < 1.29 is 4.79 Å². The number of hydrogen-bond acceptors (Lipinski definition) is 6. The lowest BCUT2D eigenvalue weighted by Gasteiger charge is -2.34. The van der Waals surface area contributed by atoms with Gasteiger partial charge in [-0.15, -0.1) is 21.5 Å². The molecule has 1 aliphatic heterocycles. The van der Waals surface area contributed by atoms with Crippen LogP contribution in [0, 0.1) is 6.92 Å². The molecule has 1 aliphatic rings. The number of aryl methyl sites for hydroxylation is 2. The van der Waals surface area contributed by atoms with Crippen LogP contribution < -0.4 is 5.56 Å². The summed E-state index contributed by atoms with van der Waals surface area (Å²) in [6.45, 7) is 8.04. The van der Waals surface area contributed by atoms with E-state index in [1.165, 1.54) is 0 Å². The molecule has 31 heavy (non-hydrogen) atoms. The van der Waals surface area contributed by atoms with E-state index < -0.39 is 0 Å². The van der Waals surface area contributed by atoms with E-state index >= 15 is 0 Å². The monoisotopic (exact) mass is 436 g/mol. The third-order valence-electron chi connectivity index (χ3n) is 5.87. The van der Waals surface area contributed by atoms with Gasteiger partial charge in [0.1, 0.15) is 0 Å². The first-order valence-corrected chi connectivity index (χ1v) is 11.3. The highest BCUT2D eigenvalue weighted by atomic mass is 32.1. The molecule has 0 aliphatic carbocycles. The Kier molecular flexibility index (Phi) is 5.07. The van der Waals surface area contributed by atoms with Crippen LogP contribution in [0.15, 0.2) is 41.2 Å². The molecule has 8 nitrogen and oxygen atoms in total. The third kappa shape index (κ3) is 3.43. The molecule has 5 rings (SSSR count). The van der Waals surface area contributed by atoms with E-state index in [1.54, 1.807) is 15.9 Å². The average Bonchev–Trinajstić information content (AvgIpc) is 3.41. The van der Waals surface area contributed by atoms with Crippen molar-refractivity contribution in [2.45, 2.75) is 26.9 Å². The molecule has 4 aromatic rings. The second kappa shape index (κ2) is 7.90. The van der Waals surface area contributed by atoms with Crippen LogP contribution >= 0.6 is 11.3 Å². The highest BCUT2D eigenvalue weighted by Crippen LogP contribution is 2.19. The zero-order valence-corrected chi connectivity index (χ0v) is 18.4. The summed E-state index contributed by atoms with van der Waals surface area (Å²) in [5.74, 6) is 1.49. The summed E-state index contributed by atoms with van der Waals surface area (Å²) >= 11 is 1.55. The zero-order valence-electron chi connectivity index (χ0n) is 17.6. The summed E-state index contributed by atoms with van der Waals surface area (Å²) in [5.41, 5.74) is 0.787. The van der Waals surface area contributed by atoms with Crippen molar-refractivity contribution in [3.63, 3.8) is 0 Å². The highest BCUT2D eigenvalue weighted by Gasteiger charge is 2.25. The van der Waals surface area contributed by atoms with Crippen molar-refractivity contribution in [3.05, 3.63) is 62.3 Å². The van der Waals surface area contributed by atoms with E-state index in [0.29, 0.717) is 37.3 Å². The molecular weight excluding hydrogens is 412 g/mol. The van der Waals surface area contributed by atoms with Crippen molar-refractivity contribution >= 4 is 33.9 Å². The number of thiophene rings is 1. The molecule has 0 spiro atoms. The van der Waals surface area contributed by atoms with Crippen molar-refractivity contribution in [1.29, 1.82) is 0 Å². The molecular formula is C22H24N6O2S. The molecule has 9 heteroatoms. The maximum absolute atomic E-state index is 12.8. The van der Waals surface area contributed by atoms with Gasteiger partial charge in [0.2, 0.25) is 5.78 Å². The molecule has 0 saturated carbocycles. The number of hydrogen-bond donors (Lipinski definition) is 0. The minimum atomic E-state index is -0.0412. The summed E-state index contributed by atoms with van der Waals surface area (Å²) in [7, 11) is 0. The fourth-order valence-corrected chi connectivity index (χ4v) is 5.05. The van der Waals surface area contributed by atoms with Gasteiger partial charge in [-0.25, -0.2) is 0 Å². The Bertz CT molecular complexity index is 1330. The molecule has 160 valence electrons. The van der Waals surface area contributed by atoms with Crippen LogP contribution in [0.1, 0.15) is 27.3 Å². The predicted molar refractivity (Wildman–Crippen MR) is 121 cm³/mol. The zero-order chi connectivity index (χ0) is 21.5. The molecule has 4 heterocycles. The van der Waals surface area contributed by atoms with Crippen molar-refractivity contribution in [1.82, 2.24) is 29.0 Å². The first kappa shape index (κ1) is 19.9. The SMILES string of the molecule is CCn1c(=O)c2ccccc2n2c(CN3CCN(C(=O)c4ccc(C)s4)CC3)nnc12. The van der Waals surface area contributed by atoms with Gasteiger partial charge in [-0.3, -0.25) is 23.5 Å². The summed E-state index contributed by atoms with van der Waals surface area (Å²) in [6, 6.07) is 11.5.